The molecule has 32 heavy (non-hydrogen) atoms. The number of unbranched alkanes of at least 4 members (excludes halogenated alkanes) is 10. The van der Waals surface area contributed by atoms with Crippen LogP contribution in [-0.2, 0) is 15.8 Å². The molecule has 0 fully saturated rings. The molecule has 1 rings (SSSR count). The Morgan fingerprint density at radius 3 is 1.81 bits per heavy atom. The fourth-order valence-corrected chi connectivity index (χ4v) is 4.66. The zero-order valence-corrected chi connectivity index (χ0v) is 24.4. The molecule has 2 atom stereocenters. The van der Waals surface area contributed by atoms with Gasteiger partial charge in [-0.15, -0.1) is 0 Å². The van der Waals surface area contributed by atoms with Gasteiger partial charge in [-0.05, 0) is 43.7 Å². The van der Waals surface area contributed by atoms with Crippen LogP contribution in [0.1, 0.15) is 142 Å². The average molecular weight is 463 g/mol. The summed E-state index contributed by atoms with van der Waals surface area (Å²) in [6.45, 7) is 11.9. The van der Waals surface area contributed by atoms with Crippen LogP contribution in [0.2, 0.25) is 0 Å². The predicted octanol–water partition coefficient (Wildman–Crippen LogP) is 8.25. The van der Waals surface area contributed by atoms with Gasteiger partial charge in [-0.2, -0.15) is 0 Å². The molecule has 0 aliphatic carbocycles. The molecule has 0 spiro atoms. The number of hydrogen-bond donors (Lipinski definition) is 0. The maximum absolute atomic E-state index is 6.32. The van der Waals surface area contributed by atoms with Gasteiger partial charge in [0.15, 0.2) is 0 Å². The molecule has 0 saturated heterocycles. The molecular weight excluding hydrogens is 408 g/mol. The zero-order valence-electron chi connectivity index (χ0n) is 22.4. The molecule has 0 aromatic heterocycles. The van der Waals surface area contributed by atoms with Crippen molar-refractivity contribution in [3.05, 3.63) is 35.4 Å². The first kappa shape index (κ1) is 29.4. The first-order chi connectivity index (χ1) is 15.4. The van der Waals surface area contributed by atoms with Crippen LogP contribution in [0.25, 0.3) is 0 Å². The Labute approximate surface area is 203 Å². The summed E-state index contributed by atoms with van der Waals surface area (Å²) in [6.07, 6.45) is 19.0. The second-order valence-electron chi connectivity index (χ2n) is 10.4. The third-order valence-electron chi connectivity index (χ3n) is 7.11. The van der Waals surface area contributed by atoms with Crippen LogP contribution in [0.15, 0.2) is 24.3 Å². The van der Waals surface area contributed by atoms with Gasteiger partial charge in [-0.25, -0.2) is 0 Å². The third kappa shape index (κ3) is 12.6. The van der Waals surface area contributed by atoms with E-state index in [0.29, 0.717) is 12.5 Å². The highest BCUT2D eigenvalue weighted by molar-refractivity contribution is 5.98. The summed E-state index contributed by atoms with van der Waals surface area (Å²) >= 11 is 0. The lowest BCUT2D eigenvalue weighted by Gasteiger charge is -2.34. The van der Waals surface area contributed by atoms with Crippen molar-refractivity contribution in [3.8, 4) is 0 Å². The van der Waals surface area contributed by atoms with Gasteiger partial charge < -0.3 is 9.16 Å². The van der Waals surface area contributed by atoms with Crippen molar-refractivity contribution in [1.82, 2.24) is 0 Å². The highest BCUT2D eigenvalue weighted by atomic mass is 28.2. The molecule has 0 N–H and O–H groups in total. The van der Waals surface area contributed by atoms with Crippen LogP contribution in [0.4, 0.5) is 0 Å². The van der Waals surface area contributed by atoms with E-state index in [1.165, 1.54) is 94.6 Å². The highest BCUT2D eigenvalue weighted by Gasteiger charge is 2.29. The summed E-state index contributed by atoms with van der Waals surface area (Å²) in [5.74, 6) is 0.647. The monoisotopic (exact) mass is 462 g/mol. The van der Waals surface area contributed by atoms with E-state index in [2.05, 4.69) is 58.9 Å². The molecule has 0 aliphatic heterocycles. The largest absolute Gasteiger partial charge is 0.420 e. The summed E-state index contributed by atoms with van der Waals surface area (Å²) in [5, 5.41) is 0. The zero-order chi connectivity index (χ0) is 23.7. The first-order valence-electron chi connectivity index (χ1n) is 13.7. The second-order valence-corrected chi connectivity index (χ2v) is 10.8. The van der Waals surface area contributed by atoms with E-state index in [0.717, 1.165) is 16.9 Å². The van der Waals surface area contributed by atoms with Crippen molar-refractivity contribution in [2.45, 2.75) is 149 Å². The smallest absolute Gasteiger partial charge is 0.146 e. The first-order valence-corrected chi connectivity index (χ1v) is 14.5. The molecule has 0 bridgehead atoms. The van der Waals surface area contributed by atoms with Crippen LogP contribution >= 0.6 is 0 Å². The van der Waals surface area contributed by atoms with Crippen molar-refractivity contribution in [2.24, 2.45) is 0 Å². The molecule has 0 heterocycles. The predicted molar refractivity (Wildman–Crippen MR) is 145 cm³/mol. The van der Waals surface area contributed by atoms with Crippen molar-refractivity contribution >= 4 is 10.5 Å². The van der Waals surface area contributed by atoms with E-state index in [1.807, 2.05) is 0 Å². The molecule has 1 aromatic rings. The third-order valence-corrected chi connectivity index (χ3v) is 8.16. The minimum absolute atomic E-state index is 0.162. The van der Waals surface area contributed by atoms with E-state index in [1.54, 1.807) is 0 Å². The summed E-state index contributed by atoms with van der Waals surface area (Å²) in [5.41, 5.74) is 2.55. The van der Waals surface area contributed by atoms with Crippen molar-refractivity contribution < 1.29 is 9.16 Å². The molecule has 1 aromatic carbocycles. The lowest BCUT2D eigenvalue weighted by atomic mass is 9.94. The summed E-state index contributed by atoms with van der Waals surface area (Å²) in [7, 11) is 0.748. The van der Waals surface area contributed by atoms with Crippen LogP contribution in [0.5, 0.6) is 0 Å². The average Bonchev–Trinajstić information content (AvgIpc) is 2.80. The second kappa shape index (κ2) is 17.8. The maximum atomic E-state index is 6.32. The lowest BCUT2D eigenvalue weighted by Crippen LogP contribution is -2.40. The molecule has 186 valence electrons. The molecule has 0 radical (unpaired) electrons. The van der Waals surface area contributed by atoms with E-state index < -0.39 is 0 Å². The SMILES string of the molecule is CCCCCCCCCCCCC(C)c1ccc(COC(CCCC)C(C)(C)O[SiH3])cc1. The van der Waals surface area contributed by atoms with Gasteiger partial charge in [0.2, 0.25) is 0 Å². The number of rotatable bonds is 20. The Hall–Kier alpha value is -0.643. The van der Waals surface area contributed by atoms with E-state index in [-0.39, 0.29) is 11.7 Å². The van der Waals surface area contributed by atoms with Gasteiger partial charge >= 0.3 is 0 Å². The fourth-order valence-electron chi connectivity index (χ4n) is 4.40. The van der Waals surface area contributed by atoms with Crippen molar-refractivity contribution in [3.63, 3.8) is 0 Å². The fraction of sp³-hybridized carbons (Fsp3) is 0.793. The van der Waals surface area contributed by atoms with Crippen molar-refractivity contribution in [2.75, 3.05) is 0 Å². The van der Waals surface area contributed by atoms with Crippen LogP contribution < -0.4 is 0 Å². The highest BCUT2D eigenvalue weighted by Crippen LogP contribution is 2.25. The molecule has 0 aliphatic rings. The van der Waals surface area contributed by atoms with E-state index in [9.17, 15) is 0 Å². The topological polar surface area (TPSA) is 18.5 Å². The van der Waals surface area contributed by atoms with Gasteiger partial charge in [0, 0.05) is 0 Å². The molecule has 2 nitrogen and oxygen atoms in total. The lowest BCUT2D eigenvalue weighted by molar-refractivity contribution is -0.0824. The standard InChI is InChI=1S/C29H54O2Si/c1-6-8-10-11-12-13-14-15-16-17-18-25(3)27-22-20-26(21-23-27)24-30-28(19-9-7-2)29(4,5)31-32/h20-23,25,28H,6-19,24H2,1-5,32H3. The summed E-state index contributed by atoms with van der Waals surface area (Å²) < 4.78 is 12.2. The molecule has 2 unspecified atom stereocenters. The Balaban J connectivity index is 2.29. The van der Waals surface area contributed by atoms with Gasteiger partial charge in [0.05, 0.1) is 18.3 Å². The van der Waals surface area contributed by atoms with Gasteiger partial charge in [-0.1, -0.05) is 122 Å². The van der Waals surface area contributed by atoms with E-state index in [4.69, 9.17) is 9.16 Å². The summed E-state index contributed by atoms with van der Waals surface area (Å²) in [4.78, 5) is 0. The number of ether oxygens (including phenoxy) is 1. The van der Waals surface area contributed by atoms with Gasteiger partial charge in [0.25, 0.3) is 0 Å². The van der Waals surface area contributed by atoms with Crippen LogP contribution in [0, 0.1) is 0 Å². The van der Waals surface area contributed by atoms with E-state index >= 15 is 0 Å². The number of benzene rings is 1. The Kier molecular flexibility index (Phi) is 16.3. The minimum Gasteiger partial charge on any atom is -0.420 e. The minimum atomic E-state index is -0.190. The summed E-state index contributed by atoms with van der Waals surface area (Å²) in [6, 6.07) is 9.15. The van der Waals surface area contributed by atoms with Gasteiger partial charge in [-0.3, -0.25) is 0 Å². The molecule has 3 heteroatoms. The quantitative estimate of drug-likeness (QED) is 0.143. The van der Waals surface area contributed by atoms with Crippen molar-refractivity contribution in [1.29, 1.82) is 0 Å². The maximum Gasteiger partial charge on any atom is 0.146 e. The molecular formula is C29H54O2Si. The number of hydrogen-bond acceptors (Lipinski definition) is 2. The Morgan fingerprint density at radius 1 is 0.750 bits per heavy atom. The van der Waals surface area contributed by atoms with Gasteiger partial charge in [0.1, 0.15) is 10.5 Å². The normalized spacial score (nSPS) is 14.0. The van der Waals surface area contributed by atoms with Crippen LogP contribution in [0.3, 0.4) is 0 Å². The van der Waals surface area contributed by atoms with Crippen LogP contribution in [-0.4, -0.2) is 22.2 Å². The molecule has 0 amide bonds. The molecule has 0 saturated carbocycles. The Morgan fingerprint density at radius 2 is 1.28 bits per heavy atom. The Bertz CT molecular complexity index is 555.